The van der Waals surface area contributed by atoms with E-state index in [0.717, 1.165) is 15.7 Å². The van der Waals surface area contributed by atoms with Crippen LogP contribution in [0.25, 0.3) is 0 Å². The molecule has 3 rings (SSSR count). The quantitative estimate of drug-likeness (QED) is 0.712. The Bertz CT molecular complexity index is 746. The lowest BCUT2D eigenvalue weighted by atomic mass is 10.1. The van der Waals surface area contributed by atoms with Crippen molar-refractivity contribution in [1.29, 1.82) is 0 Å². The Balaban J connectivity index is 1.59. The molecule has 1 unspecified atom stereocenters. The van der Waals surface area contributed by atoms with Crippen LogP contribution in [-0.2, 0) is 20.9 Å². The molecule has 1 saturated heterocycles. The standard InChI is InChI=1S/C18H15BrClNO3/c19-14-3-7-16(8-4-14)21-10-13(9-17(21)22)18(23)24-11-12-1-5-15(20)6-2-12/h1-8,13H,9-11H2. The maximum Gasteiger partial charge on any atom is 0.311 e. The topological polar surface area (TPSA) is 46.6 Å². The molecule has 6 heteroatoms. The highest BCUT2D eigenvalue weighted by atomic mass is 79.9. The lowest BCUT2D eigenvalue weighted by Gasteiger charge is -2.16. The van der Waals surface area contributed by atoms with Crippen LogP contribution in [-0.4, -0.2) is 18.4 Å². The zero-order valence-electron chi connectivity index (χ0n) is 12.7. The molecule has 1 heterocycles. The van der Waals surface area contributed by atoms with Gasteiger partial charge in [-0.2, -0.15) is 0 Å². The van der Waals surface area contributed by atoms with Crippen LogP contribution in [0.15, 0.2) is 53.0 Å². The van der Waals surface area contributed by atoms with Gasteiger partial charge in [-0.1, -0.05) is 39.7 Å². The molecule has 0 radical (unpaired) electrons. The zero-order valence-corrected chi connectivity index (χ0v) is 15.1. The van der Waals surface area contributed by atoms with Crippen molar-refractivity contribution in [1.82, 2.24) is 0 Å². The number of hydrogen-bond donors (Lipinski definition) is 0. The highest BCUT2D eigenvalue weighted by molar-refractivity contribution is 9.10. The molecule has 4 nitrogen and oxygen atoms in total. The Kier molecular flexibility index (Phi) is 5.21. The van der Waals surface area contributed by atoms with E-state index in [0.29, 0.717) is 11.6 Å². The summed E-state index contributed by atoms with van der Waals surface area (Å²) in [6, 6.07) is 14.6. The minimum atomic E-state index is -0.437. The van der Waals surface area contributed by atoms with Crippen molar-refractivity contribution in [2.45, 2.75) is 13.0 Å². The monoisotopic (exact) mass is 407 g/mol. The minimum absolute atomic E-state index is 0.0641. The minimum Gasteiger partial charge on any atom is -0.461 e. The number of benzene rings is 2. The van der Waals surface area contributed by atoms with E-state index >= 15 is 0 Å². The van der Waals surface area contributed by atoms with Gasteiger partial charge in [-0.3, -0.25) is 9.59 Å². The first-order chi connectivity index (χ1) is 11.5. The summed E-state index contributed by atoms with van der Waals surface area (Å²) in [5.74, 6) is -0.850. The molecule has 1 aliphatic rings. The van der Waals surface area contributed by atoms with Gasteiger partial charge >= 0.3 is 5.97 Å². The summed E-state index contributed by atoms with van der Waals surface area (Å²) in [5, 5.41) is 0.636. The number of amides is 1. The van der Waals surface area contributed by atoms with Gasteiger partial charge in [0, 0.05) is 28.1 Å². The second-order valence-corrected chi connectivity index (χ2v) is 6.97. The molecule has 24 heavy (non-hydrogen) atoms. The number of ether oxygens (including phenoxy) is 1. The summed E-state index contributed by atoms with van der Waals surface area (Å²) in [6.07, 6.45) is 0.176. The van der Waals surface area contributed by atoms with Gasteiger partial charge in [0.15, 0.2) is 0 Å². The maximum absolute atomic E-state index is 12.2. The predicted molar refractivity (Wildman–Crippen MR) is 95.9 cm³/mol. The van der Waals surface area contributed by atoms with E-state index in [2.05, 4.69) is 15.9 Å². The van der Waals surface area contributed by atoms with E-state index in [1.54, 1.807) is 17.0 Å². The van der Waals surface area contributed by atoms with Crippen LogP contribution in [0, 0.1) is 5.92 Å². The summed E-state index contributed by atoms with van der Waals surface area (Å²) >= 11 is 9.19. The van der Waals surface area contributed by atoms with Crippen LogP contribution in [0.3, 0.4) is 0 Å². The van der Waals surface area contributed by atoms with Gasteiger partial charge in [0.25, 0.3) is 0 Å². The van der Waals surface area contributed by atoms with Crippen molar-refractivity contribution in [2.24, 2.45) is 5.92 Å². The molecule has 124 valence electrons. The number of nitrogens with zero attached hydrogens (tertiary/aromatic N) is 1. The first kappa shape index (κ1) is 17.0. The number of carbonyl (C=O) groups excluding carboxylic acids is 2. The fraction of sp³-hybridized carbons (Fsp3) is 0.222. The molecule has 2 aromatic carbocycles. The average Bonchev–Trinajstić information content (AvgIpc) is 2.97. The van der Waals surface area contributed by atoms with Crippen LogP contribution >= 0.6 is 27.5 Å². The van der Waals surface area contributed by atoms with Gasteiger partial charge in [0.2, 0.25) is 5.91 Å². The van der Waals surface area contributed by atoms with E-state index < -0.39 is 5.92 Å². The molecular weight excluding hydrogens is 394 g/mol. The van der Waals surface area contributed by atoms with Crippen molar-refractivity contribution in [3.8, 4) is 0 Å². The zero-order chi connectivity index (χ0) is 17.1. The molecule has 1 fully saturated rings. The highest BCUT2D eigenvalue weighted by Crippen LogP contribution is 2.27. The average molecular weight is 409 g/mol. The van der Waals surface area contributed by atoms with Crippen LogP contribution in [0.2, 0.25) is 5.02 Å². The molecule has 1 atom stereocenters. The molecule has 0 aromatic heterocycles. The van der Waals surface area contributed by atoms with E-state index in [-0.39, 0.29) is 24.9 Å². The smallest absolute Gasteiger partial charge is 0.311 e. The number of carbonyl (C=O) groups is 2. The lowest BCUT2D eigenvalue weighted by molar-refractivity contribution is -0.149. The number of anilines is 1. The summed E-state index contributed by atoms with van der Waals surface area (Å²) < 4.78 is 6.28. The first-order valence-corrected chi connectivity index (χ1v) is 8.67. The Morgan fingerprint density at radius 1 is 1.17 bits per heavy atom. The molecule has 0 aliphatic carbocycles. The SMILES string of the molecule is O=C(OCc1ccc(Cl)cc1)C1CC(=O)N(c2ccc(Br)cc2)C1. The highest BCUT2D eigenvalue weighted by Gasteiger charge is 2.36. The van der Waals surface area contributed by atoms with E-state index in [1.165, 1.54) is 0 Å². The molecule has 0 saturated carbocycles. The van der Waals surface area contributed by atoms with Gasteiger partial charge < -0.3 is 9.64 Å². The van der Waals surface area contributed by atoms with Crippen molar-refractivity contribution in [2.75, 3.05) is 11.4 Å². The largest absolute Gasteiger partial charge is 0.461 e. The van der Waals surface area contributed by atoms with Crippen LogP contribution in [0.1, 0.15) is 12.0 Å². The molecule has 0 N–H and O–H groups in total. The molecular formula is C18H15BrClNO3. The molecule has 2 aromatic rings. The molecule has 1 amide bonds. The molecule has 1 aliphatic heterocycles. The molecule has 0 bridgehead atoms. The third-order valence-corrected chi connectivity index (χ3v) is 4.67. The maximum atomic E-state index is 12.2. The number of rotatable bonds is 4. The van der Waals surface area contributed by atoms with E-state index in [4.69, 9.17) is 16.3 Å². The third-order valence-electron chi connectivity index (χ3n) is 3.89. The first-order valence-electron chi connectivity index (χ1n) is 7.50. The Morgan fingerprint density at radius 3 is 2.50 bits per heavy atom. The Labute approximate surface area is 153 Å². The third kappa shape index (κ3) is 3.97. The fourth-order valence-corrected chi connectivity index (χ4v) is 2.98. The van der Waals surface area contributed by atoms with Crippen molar-refractivity contribution in [3.63, 3.8) is 0 Å². The van der Waals surface area contributed by atoms with Crippen LogP contribution in [0.4, 0.5) is 5.69 Å². The number of halogens is 2. The van der Waals surface area contributed by atoms with Crippen LogP contribution < -0.4 is 4.90 Å². The van der Waals surface area contributed by atoms with Gasteiger partial charge in [-0.25, -0.2) is 0 Å². The second kappa shape index (κ2) is 7.36. The summed E-state index contributed by atoms with van der Waals surface area (Å²) in [4.78, 5) is 26.0. The number of esters is 1. The summed E-state index contributed by atoms with van der Waals surface area (Å²) in [5.41, 5.74) is 1.65. The van der Waals surface area contributed by atoms with Gasteiger partial charge in [0.05, 0.1) is 5.92 Å². The van der Waals surface area contributed by atoms with E-state index in [9.17, 15) is 9.59 Å². The molecule has 0 spiro atoms. The summed E-state index contributed by atoms with van der Waals surface area (Å²) in [6.45, 7) is 0.527. The summed E-state index contributed by atoms with van der Waals surface area (Å²) in [7, 11) is 0. The number of hydrogen-bond acceptors (Lipinski definition) is 3. The lowest BCUT2D eigenvalue weighted by Crippen LogP contribution is -2.26. The van der Waals surface area contributed by atoms with Gasteiger partial charge in [-0.05, 0) is 42.0 Å². The van der Waals surface area contributed by atoms with Crippen molar-refractivity contribution < 1.29 is 14.3 Å². The Hall–Kier alpha value is -1.85. The predicted octanol–water partition coefficient (Wildman–Crippen LogP) is 4.20. The Morgan fingerprint density at radius 2 is 1.83 bits per heavy atom. The van der Waals surface area contributed by atoms with Crippen molar-refractivity contribution in [3.05, 3.63) is 63.6 Å². The van der Waals surface area contributed by atoms with Crippen molar-refractivity contribution >= 4 is 45.1 Å². The van der Waals surface area contributed by atoms with Gasteiger partial charge in [0.1, 0.15) is 6.61 Å². The van der Waals surface area contributed by atoms with Crippen LogP contribution in [0.5, 0.6) is 0 Å². The normalized spacial score (nSPS) is 17.2. The van der Waals surface area contributed by atoms with E-state index in [1.807, 2.05) is 36.4 Å². The van der Waals surface area contributed by atoms with Gasteiger partial charge in [-0.15, -0.1) is 0 Å². The second-order valence-electron chi connectivity index (χ2n) is 5.62. The fourth-order valence-electron chi connectivity index (χ4n) is 2.59.